The number of carboxylic acids is 1. The predicted octanol–water partition coefficient (Wildman–Crippen LogP) is 4.58. The van der Waals surface area contributed by atoms with Gasteiger partial charge in [-0.25, -0.2) is 4.79 Å². The maximum atomic E-state index is 10.5. The highest BCUT2D eigenvalue weighted by Gasteiger charge is 2.67. The van der Waals surface area contributed by atoms with Crippen LogP contribution in [0.3, 0.4) is 0 Å². The van der Waals surface area contributed by atoms with E-state index in [4.69, 9.17) is 29.5 Å². The van der Waals surface area contributed by atoms with Gasteiger partial charge in [-0.1, -0.05) is 36.6 Å². The highest BCUT2D eigenvalue weighted by molar-refractivity contribution is 5.85. The van der Waals surface area contributed by atoms with Gasteiger partial charge >= 0.3 is 5.97 Å². The number of aryl methyl sites for hydroxylation is 1. The molecule has 0 aromatic heterocycles. The number of rotatable bonds is 11. The average molecular weight is 534 g/mol. The zero-order chi connectivity index (χ0) is 28.2. The molecule has 0 radical (unpaired) electrons. The summed E-state index contributed by atoms with van der Waals surface area (Å²) in [5.74, 6) is -0.327. The molecule has 38 heavy (non-hydrogen) atoms. The number of nitrogens with one attached hydrogen (secondary N) is 1. The van der Waals surface area contributed by atoms with Crippen molar-refractivity contribution in [3.8, 4) is 0 Å². The average Bonchev–Trinajstić information content (AvgIpc) is 3.82. The molecule has 4 atom stereocenters. The van der Waals surface area contributed by atoms with Crippen LogP contribution in [0.4, 0.5) is 5.69 Å². The topological polar surface area (TPSA) is 124 Å². The van der Waals surface area contributed by atoms with E-state index in [0.29, 0.717) is 31.8 Å². The van der Waals surface area contributed by atoms with E-state index in [1.165, 1.54) is 31.3 Å². The molecule has 1 saturated carbocycles. The van der Waals surface area contributed by atoms with E-state index < -0.39 is 5.97 Å². The van der Waals surface area contributed by atoms with Crippen LogP contribution in [0.2, 0.25) is 0 Å². The maximum Gasteiger partial charge on any atom is 0.328 e. The molecular weight excluding hydrogens is 486 g/mol. The Labute approximate surface area is 227 Å². The number of aliphatic carboxylic acids is 1. The number of ether oxygens (including phenoxy) is 3. The summed E-state index contributed by atoms with van der Waals surface area (Å²) in [6.45, 7) is 11.1. The van der Waals surface area contributed by atoms with Crippen molar-refractivity contribution in [3.63, 3.8) is 0 Å². The van der Waals surface area contributed by atoms with Crippen LogP contribution >= 0.6 is 0 Å². The van der Waals surface area contributed by atoms with E-state index in [1.54, 1.807) is 6.08 Å². The van der Waals surface area contributed by atoms with E-state index in [0.717, 1.165) is 43.0 Å². The monoisotopic (exact) mass is 533 g/mol. The molecule has 2 saturated heterocycles. The SMILES string of the molecule is CC(C)=CCC1OC1(C)C1CCCCC12CO2.CO.Cc1ccc(/C=C/C(=O)O)cc1NCCOCCO. The summed E-state index contributed by atoms with van der Waals surface area (Å²) in [6, 6.07) is 5.68. The normalized spacial score (nSPS) is 27.0. The van der Waals surface area contributed by atoms with Crippen LogP contribution < -0.4 is 5.32 Å². The van der Waals surface area contributed by atoms with Crippen molar-refractivity contribution in [3.05, 3.63) is 47.1 Å². The summed E-state index contributed by atoms with van der Waals surface area (Å²) in [4.78, 5) is 10.5. The van der Waals surface area contributed by atoms with Crippen molar-refractivity contribution < 1.29 is 34.3 Å². The lowest BCUT2D eigenvalue weighted by Gasteiger charge is -2.32. The van der Waals surface area contributed by atoms with Gasteiger partial charge in [-0.3, -0.25) is 0 Å². The lowest BCUT2D eigenvalue weighted by molar-refractivity contribution is -0.131. The van der Waals surface area contributed by atoms with Gasteiger partial charge in [0.25, 0.3) is 0 Å². The Morgan fingerprint density at radius 1 is 1.24 bits per heavy atom. The fourth-order valence-corrected chi connectivity index (χ4v) is 5.19. The minimum atomic E-state index is -0.965. The number of epoxide rings is 2. The van der Waals surface area contributed by atoms with Gasteiger partial charge in [-0.15, -0.1) is 0 Å². The zero-order valence-electron chi connectivity index (χ0n) is 23.7. The minimum absolute atomic E-state index is 0.0223. The van der Waals surface area contributed by atoms with Gasteiger partial charge in [0, 0.05) is 31.3 Å². The summed E-state index contributed by atoms with van der Waals surface area (Å²) in [6.07, 6.45) is 11.7. The van der Waals surface area contributed by atoms with E-state index in [1.807, 2.05) is 25.1 Å². The lowest BCUT2D eigenvalue weighted by Crippen LogP contribution is -2.39. The first-order valence-corrected chi connectivity index (χ1v) is 13.5. The number of aliphatic hydroxyl groups excluding tert-OH is 2. The Balaban J connectivity index is 0.000000251. The molecule has 214 valence electrons. The molecule has 0 bridgehead atoms. The first-order chi connectivity index (χ1) is 18.2. The molecule has 1 aliphatic carbocycles. The Hall–Kier alpha value is -2.23. The fraction of sp³-hybridized carbons (Fsp3) is 0.633. The second-order valence-electron chi connectivity index (χ2n) is 10.5. The fourth-order valence-electron chi connectivity index (χ4n) is 5.19. The van der Waals surface area contributed by atoms with E-state index in [-0.39, 0.29) is 17.8 Å². The molecule has 4 unspecified atom stereocenters. The molecular formula is C30H47NO7. The predicted molar refractivity (Wildman–Crippen MR) is 150 cm³/mol. The highest BCUT2D eigenvalue weighted by Crippen LogP contribution is 2.58. The number of aliphatic hydroxyl groups is 2. The van der Waals surface area contributed by atoms with Crippen LogP contribution in [0, 0.1) is 12.8 Å². The minimum Gasteiger partial charge on any atom is -0.478 e. The van der Waals surface area contributed by atoms with Crippen LogP contribution in [-0.4, -0.2) is 78.7 Å². The van der Waals surface area contributed by atoms with Crippen molar-refractivity contribution in [1.29, 1.82) is 0 Å². The van der Waals surface area contributed by atoms with Crippen molar-refractivity contribution in [2.45, 2.75) is 77.1 Å². The molecule has 2 aliphatic heterocycles. The molecule has 1 spiro atoms. The van der Waals surface area contributed by atoms with E-state index >= 15 is 0 Å². The second kappa shape index (κ2) is 15.4. The molecule has 0 amide bonds. The number of anilines is 1. The van der Waals surface area contributed by atoms with Crippen molar-refractivity contribution in [2.75, 3.05) is 45.4 Å². The molecule has 4 N–H and O–H groups in total. The van der Waals surface area contributed by atoms with E-state index in [9.17, 15) is 4.79 Å². The van der Waals surface area contributed by atoms with Crippen molar-refractivity contribution in [2.24, 2.45) is 5.92 Å². The molecule has 8 heteroatoms. The van der Waals surface area contributed by atoms with Crippen molar-refractivity contribution in [1.82, 2.24) is 0 Å². The molecule has 3 aliphatic rings. The third kappa shape index (κ3) is 9.50. The molecule has 2 heterocycles. The van der Waals surface area contributed by atoms with Crippen LogP contribution in [-0.2, 0) is 19.0 Å². The summed E-state index contributed by atoms with van der Waals surface area (Å²) in [7, 11) is 1.00. The van der Waals surface area contributed by atoms with Crippen LogP contribution in [0.15, 0.2) is 35.9 Å². The lowest BCUT2D eigenvalue weighted by atomic mass is 9.71. The molecule has 3 fully saturated rings. The number of carbonyl (C=O) groups is 1. The summed E-state index contributed by atoms with van der Waals surface area (Å²) in [5, 5.41) is 27.4. The van der Waals surface area contributed by atoms with Crippen LogP contribution in [0.25, 0.3) is 6.08 Å². The molecule has 8 nitrogen and oxygen atoms in total. The van der Waals surface area contributed by atoms with Gasteiger partial charge in [0.2, 0.25) is 0 Å². The van der Waals surface area contributed by atoms with Crippen LogP contribution in [0.5, 0.6) is 0 Å². The molecule has 1 aromatic carbocycles. The first-order valence-electron chi connectivity index (χ1n) is 13.5. The number of hydrogen-bond acceptors (Lipinski definition) is 7. The summed E-state index contributed by atoms with van der Waals surface area (Å²) < 4.78 is 17.0. The molecule has 4 rings (SSSR count). The third-order valence-corrected chi connectivity index (χ3v) is 7.38. The second-order valence-corrected chi connectivity index (χ2v) is 10.5. The number of hydrogen-bond donors (Lipinski definition) is 4. The largest absolute Gasteiger partial charge is 0.478 e. The summed E-state index contributed by atoms with van der Waals surface area (Å²) >= 11 is 0. The Morgan fingerprint density at radius 2 is 1.97 bits per heavy atom. The highest BCUT2D eigenvalue weighted by atomic mass is 16.6. The number of benzene rings is 1. The van der Waals surface area contributed by atoms with Gasteiger partial charge in [0.05, 0.1) is 43.7 Å². The standard InChI is InChI=1S/C15H24O2.C14H19NO4.CH4O/c1-11(2)7-8-13-14(3,17-13)12-6-4-5-9-15(12)10-16-15;1-11-2-3-12(4-5-14(17)18)10-13(11)15-6-8-19-9-7-16;1-2/h7,12-13H,4-6,8-10H2,1-3H3;2-5,10,15-16H,6-9H2,1H3,(H,17,18);2H,1H3/b;5-4+;. The third-order valence-electron chi connectivity index (χ3n) is 7.38. The Bertz CT molecular complexity index is 937. The Kier molecular flexibility index (Phi) is 12.9. The quantitative estimate of drug-likeness (QED) is 0.141. The smallest absolute Gasteiger partial charge is 0.328 e. The first kappa shape index (κ1) is 32.0. The summed E-state index contributed by atoms with van der Waals surface area (Å²) in [5.41, 5.74) is 4.56. The van der Waals surface area contributed by atoms with Gasteiger partial charge in [-0.2, -0.15) is 0 Å². The van der Waals surface area contributed by atoms with Gasteiger partial charge in [0.1, 0.15) is 0 Å². The van der Waals surface area contributed by atoms with Gasteiger partial charge in [0.15, 0.2) is 0 Å². The zero-order valence-corrected chi connectivity index (χ0v) is 23.7. The number of allylic oxidation sites excluding steroid dienone is 1. The van der Waals surface area contributed by atoms with Gasteiger partial charge < -0.3 is 34.8 Å². The van der Waals surface area contributed by atoms with Gasteiger partial charge in [-0.05, 0) is 70.2 Å². The number of carboxylic acid groups (broad SMARTS) is 1. The maximum absolute atomic E-state index is 10.5. The molecule has 1 aromatic rings. The van der Waals surface area contributed by atoms with E-state index in [2.05, 4.69) is 32.2 Å². The Morgan fingerprint density at radius 3 is 2.61 bits per heavy atom. The van der Waals surface area contributed by atoms with Crippen LogP contribution in [0.1, 0.15) is 64.0 Å². The van der Waals surface area contributed by atoms with Crippen molar-refractivity contribution >= 4 is 17.7 Å².